The van der Waals surface area contributed by atoms with Gasteiger partial charge in [-0.15, -0.1) is 10.2 Å². The summed E-state index contributed by atoms with van der Waals surface area (Å²) in [6, 6.07) is -0.869. The molecule has 1 aromatic heterocycles. The number of rotatable bonds is 4. The van der Waals surface area contributed by atoms with Crippen LogP contribution in [0.4, 0.5) is 4.79 Å². The molecule has 0 saturated heterocycles. The van der Waals surface area contributed by atoms with Crippen LogP contribution in [0.1, 0.15) is 31.6 Å². The number of hydrogen-bond donors (Lipinski definition) is 2. The number of carbonyl (C=O) groups excluding carboxylic acids is 2. The van der Waals surface area contributed by atoms with Crippen molar-refractivity contribution in [3.05, 3.63) is 5.89 Å². The molecule has 1 aliphatic rings. The fourth-order valence-electron chi connectivity index (χ4n) is 1.19. The first kappa shape index (κ1) is 11.9. The second-order valence-corrected chi connectivity index (χ2v) is 5.09. The van der Waals surface area contributed by atoms with E-state index in [0.29, 0.717) is 17.0 Å². The highest BCUT2D eigenvalue weighted by Crippen LogP contribution is 2.40. The Morgan fingerprint density at radius 3 is 2.82 bits per heavy atom. The van der Waals surface area contributed by atoms with Crippen LogP contribution in [0.2, 0.25) is 0 Å². The van der Waals surface area contributed by atoms with Crippen molar-refractivity contribution in [3.8, 4) is 0 Å². The van der Waals surface area contributed by atoms with Gasteiger partial charge in [-0.3, -0.25) is 10.1 Å². The second-order valence-electron chi connectivity index (χ2n) is 3.79. The van der Waals surface area contributed by atoms with Crippen LogP contribution in [0, 0.1) is 0 Å². The SMILES string of the molecule is C[C@@H](Sc1nnc(C2CC2)o1)C(=O)NC(N)=O. The number of aromatic nitrogens is 2. The maximum atomic E-state index is 11.4. The Labute approximate surface area is 102 Å². The lowest BCUT2D eigenvalue weighted by Gasteiger charge is -2.06. The van der Waals surface area contributed by atoms with E-state index >= 15 is 0 Å². The summed E-state index contributed by atoms with van der Waals surface area (Å²) in [6.07, 6.45) is 2.15. The monoisotopic (exact) mass is 256 g/mol. The molecular weight excluding hydrogens is 244 g/mol. The van der Waals surface area contributed by atoms with Crippen LogP contribution in [-0.4, -0.2) is 27.4 Å². The summed E-state index contributed by atoms with van der Waals surface area (Å²) in [6.45, 7) is 1.63. The van der Waals surface area contributed by atoms with Gasteiger partial charge in [0.15, 0.2) is 0 Å². The van der Waals surface area contributed by atoms with Crippen molar-refractivity contribution >= 4 is 23.7 Å². The van der Waals surface area contributed by atoms with Crippen LogP contribution >= 0.6 is 11.8 Å². The van der Waals surface area contributed by atoms with Gasteiger partial charge in [-0.1, -0.05) is 11.8 Å². The molecule has 3 N–H and O–H groups in total. The zero-order valence-electron chi connectivity index (χ0n) is 9.17. The number of imide groups is 1. The Balaban J connectivity index is 1.90. The van der Waals surface area contributed by atoms with Gasteiger partial charge in [0.05, 0.1) is 5.25 Å². The highest BCUT2D eigenvalue weighted by Gasteiger charge is 2.30. The fraction of sp³-hybridized carbons (Fsp3) is 0.556. The molecule has 0 bridgehead atoms. The number of nitrogens with one attached hydrogen (secondary N) is 1. The second kappa shape index (κ2) is 4.74. The maximum absolute atomic E-state index is 11.4. The first-order valence-corrected chi connectivity index (χ1v) is 6.04. The molecule has 1 aromatic rings. The van der Waals surface area contributed by atoms with E-state index in [2.05, 4.69) is 10.2 Å². The van der Waals surface area contributed by atoms with Gasteiger partial charge in [-0.05, 0) is 19.8 Å². The normalized spacial score (nSPS) is 16.5. The van der Waals surface area contributed by atoms with Gasteiger partial charge in [0.2, 0.25) is 11.8 Å². The van der Waals surface area contributed by atoms with E-state index in [0.717, 1.165) is 24.6 Å². The van der Waals surface area contributed by atoms with Crippen LogP contribution < -0.4 is 11.1 Å². The molecule has 0 unspecified atom stereocenters. The number of hydrogen-bond acceptors (Lipinski definition) is 6. The van der Waals surface area contributed by atoms with E-state index in [9.17, 15) is 9.59 Å². The average molecular weight is 256 g/mol. The van der Waals surface area contributed by atoms with Crippen LogP contribution in [0.3, 0.4) is 0 Å². The minimum absolute atomic E-state index is 0.332. The Morgan fingerprint density at radius 2 is 2.24 bits per heavy atom. The highest BCUT2D eigenvalue weighted by atomic mass is 32.2. The topological polar surface area (TPSA) is 111 Å². The molecule has 17 heavy (non-hydrogen) atoms. The number of nitrogens with zero attached hydrogens (tertiary/aromatic N) is 2. The van der Waals surface area contributed by atoms with Crippen LogP contribution in [0.15, 0.2) is 9.64 Å². The number of primary amides is 1. The van der Waals surface area contributed by atoms with Crippen LogP contribution in [0.25, 0.3) is 0 Å². The minimum atomic E-state index is -0.869. The lowest BCUT2D eigenvalue weighted by atomic mass is 10.4. The van der Waals surface area contributed by atoms with E-state index < -0.39 is 17.2 Å². The quantitative estimate of drug-likeness (QED) is 0.764. The van der Waals surface area contributed by atoms with E-state index in [1.54, 1.807) is 6.92 Å². The Morgan fingerprint density at radius 1 is 1.53 bits per heavy atom. The third-order valence-corrected chi connectivity index (χ3v) is 3.18. The summed E-state index contributed by atoms with van der Waals surface area (Å²) in [5.41, 5.74) is 4.85. The molecule has 1 aliphatic carbocycles. The van der Waals surface area contributed by atoms with E-state index in [-0.39, 0.29) is 0 Å². The van der Waals surface area contributed by atoms with E-state index in [1.807, 2.05) is 5.32 Å². The molecule has 1 saturated carbocycles. The van der Waals surface area contributed by atoms with Gasteiger partial charge in [0.1, 0.15) is 0 Å². The van der Waals surface area contributed by atoms with E-state index in [4.69, 9.17) is 10.2 Å². The molecule has 1 fully saturated rings. The van der Waals surface area contributed by atoms with Crippen molar-refractivity contribution in [2.45, 2.75) is 36.2 Å². The van der Waals surface area contributed by atoms with Crippen molar-refractivity contribution in [1.29, 1.82) is 0 Å². The molecule has 7 nitrogen and oxygen atoms in total. The highest BCUT2D eigenvalue weighted by molar-refractivity contribution is 8.00. The molecule has 1 atom stereocenters. The van der Waals surface area contributed by atoms with Crippen molar-refractivity contribution in [1.82, 2.24) is 15.5 Å². The number of urea groups is 1. The van der Waals surface area contributed by atoms with Crippen molar-refractivity contribution in [2.75, 3.05) is 0 Å². The number of thioether (sulfide) groups is 1. The fourth-order valence-corrected chi connectivity index (χ4v) is 1.88. The summed E-state index contributed by atoms with van der Waals surface area (Å²) >= 11 is 1.10. The van der Waals surface area contributed by atoms with Gasteiger partial charge in [0.25, 0.3) is 5.22 Å². The molecule has 1 heterocycles. The number of amides is 3. The smallest absolute Gasteiger partial charge is 0.318 e. The summed E-state index contributed by atoms with van der Waals surface area (Å²) < 4.78 is 5.38. The van der Waals surface area contributed by atoms with Crippen molar-refractivity contribution in [3.63, 3.8) is 0 Å². The summed E-state index contributed by atoms with van der Waals surface area (Å²) in [7, 11) is 0. The summed E-state index contributed by atoms with van der Waals surface area (Å²) in [5, 5.41) is 9.53. The molecule has 3 amide bonds. The molecule has 0 aromatic carbocycles. The summed E-state index contributed by atoms with van der Waals surface area (Å²) in [5.74, 6) is 0.523. The average Bonchev–Trinajstić information content (AvgIpc) is 2.99. The molecule has 92 valence electrons. The lowest BCUT2D eigenvalue weighted by Crippen LogP contribution is -2.39. The zero-order chi connectivity index (χ0) is 12.4. The van der Waals surface area contributed by atoms with Gasteiger partial charge in [0, 0.05) is 5.92 Å². The lowest BCUT2D eigenvalue weighted by molar-refractivity contribution is -0.119. The van der Waals surface area contributed by atoms with Crippen LogP contribution in [0.5, 0.6) is 0 Å². The molecule has 0 aliphatic heterocycles. The van der Waals surface area contributed by atoms with Gasteiger partial charge in [-0.2, -0.15) is 0 Å². The zero-order valence-corrected chi connectivity index (χ0v) is 9.99. The third kappa shape index (κ3) is 3.19. The van der Waals surface area contributed by atoms with Gasteiger partial charge >= 0.3 is 6.03 Å². The van der Waals surface area contributed by atoms with Gasteiger partial charge < -0.3 is 10.2 Å². The Hall–Kier alpha value is -1.57. The van der Waals surface area contributed by atoms with Crippen molar-refractivity contribution in [2.24, 2.45) is 5.73 Å². The minimum Gasteiger partial charge on any atom is -0.416 e. The number of carbonyl (C=O) groups is 2. The first-order chi connectivity index (χ1) is 8.06. The predicted molar refractivity (Wildman–Crippen MR) is 59.3 cm³/mol. The predicted octanol–water partition coefficient (Wildman–Crippen LogP) is 0.623. The van der Waals surface area contributed by atoms with E-state index in [1.165, 1.54) is 0 Å². The standard InChI is InChI=1S/C9H12N4O3S/c1-4(6(14)11-8(10)15)17-9-13-12-7(16-9)5-2-3-5/h4-5H,2-3H2,1H3,(H3,10,11,14,15)/t4-/m1/s1. The van der Waals surface area contributed by atoms with Crippen molar-refractivity contribution < 1.29 is 14.0 Å². The number of nitrogens with two attached hydrogens (primary N) is 1. The first-order valence-electron chi connectivity index (χ1n) is 5.16. The largest absolute Gasteiger partial charge is 0.416 e. The summed E-state index contributed by atoms with van der Waals surface area (Å²) in [4.78, 5) is 21.9. The Kier molecular flexibility index (Phi) is 3.32. The molecule has 0 radical (unpaired) electrons. The third-order valence-electron chi connectivity index (χ3n) is 2.24. The molecule has 2 rings (SSSR count). The molecule has 0 spiro atoms. The molecule has 8 heteroatoms. The maximum Gasteiger partial charge on any atom is 0.318 e. The van der Waals surface area contributed by atoms with Crippen LogP contribution in [-0.2, 0) is 4.79 Å². The Bertz CT molecular complexity index is 443. The molecular formula is C9H12N4O3S. The van der Waals surface area contributed by atoms with Gasteiger partial charge in [-0.25, -0.2) is 4.79 Å².